The van der Waals surface area contributed by atoms with Crippen LogP contribution in [0.4, 0.5) is 0 Å². The van der Waals surface area contributed by atoms with E-state index in [1.54, 1.807) is 0 Å². The summed E-state index contributed by atoms with van der Waals surface area (Å²) in [5.41, 5.74) is 6.59. The van der Waals surface area contributed by atoms with Crippen molar-refractivity contribution in [1.29, 1.82) is 0 Å². The van der Waals surface area contributed by atoms with Gasteiger partial charge in [-0.3, -0.25) is 4.98 Å². The van der Waals surface area contributed by atoms with Crippen LogP contribution in [0, 0.1) is 6.92 Å². The Kier molecular flexibility index (Phi) is 2.65. The highest BCUT2D eigenvalue weighted by Gasteiger charge is 2.09. The Bertz CT molecular complexity index is 546. The Balaban J connectivity index is 2.04. The smallest absolute Gasteiger partial charge is 0.0346 e. The Morgan fingerprint density at radius 3 is 2.88 bits per heavy atom. The average molecular weight is 224 g/mol. The van der Waals surface area contributed by atoms with Gasteiger partial charge in [0.2, 0.25) is 0 Å². The fourth-order valence-electron chi connectivity index (χ4n) is 2.37. The van der Waals surface area contributed by atoms with Gasteiger partial charge in [-0.25, -0.2) is 0 Å². The van der Waals surface area contributed by atoms with Gasteiger partial charge >= 0.3 is 0 Å². The van der Waals surface area contributed by atoms with Crippen molar-refractivity contribution in [1.82, 2.24) is 10.3 Å². The van der Waals surface area contributed by atoms with Gasteiger partial charge in [0.1, 0.15) is 0 Å². The maximum atomic E-state index is 4.26. The molecule has 1 aliphatic heterocycles. The number of aromatic nitrogens is 1. The zero-order valence-corrected chi connectivity index (χ0v) is 10.0. The van der Waals surface area contributed by atoms with Crippen molar-refractivity contribution >= 4 is 0 Å². The number of hydrogen-bond donors (Lipinski definition) is 1. The topological polar surface area (TPSA) is 24.9 Å². The number of nitrogens with one attached hydrogen (secondary N) is 1. The molecule has 0 saturated carbocycles. The van der Waals surface area contributed by atoms with E-state index in [2.05, 4.69) is 41.5 Å². The molecule has 1 aliphatic rings. The van der Waals surface area contributed by atoms with Gasteiger partial charge in [-0.1, -0.05) is 12.1 Å². The Morgan fingerprint density at radius 1 is 1.06 bits per heavy atom. The molecule has 0 spiro atoms. The van der Waals surface area contributed by atoms with Crippen LogP contribution in [-0.4, -0.2) is 11.5 Å². The van der Waals surface area contributed by atoms with E-state index in [4.69, 9.17) is 0 Å². The second-order valence-electron chi connectivity index (χ2n) is 4.66. The maximum absolute atomic E-state index is 4.26. The summed E-state index contributed by atoms with van der Waals surface area (Å²) in [4.78, 5) is 4.26. The molecule has 2 heterocycles. The molecule has 1 aromatic carbocycles. The molecular formula is C15H16N2. The van der Waals surface area contributed by atoms with Crippen molar-refractivity contribution < 1.29 is 0 Å². The lowest BCUT2D eigenvalue weighted by Crippen LogP contribution is -2.23. The van der Waals surface area contributed by atoms with E-state index in [-0.39, 0.29) is 0 Å². The quantitative estimate of drug-likeness (QED) is 0.805. The predicted molar refractivity (Wildman–Crippen MR) is 69.8 cm³/mol. The van der Waals surface area contributed by atoms with E-state index in [9.17, 15) is 0 Å². The standard InChI is InChI=1S/C15H16N2/c1-11-6-14(10-17-8-11)13-3-2-12-4-5-16-9-15(12)7-13/h2-3,6-8,10,16H,4-5,9H2,1H3. The van der Waals surface area contributed by atoms with E-state index in [0.717, 1.165) is 19.5 Å². The Labute approximate surface area is 102 Å². The number of fused-ring (bicyclic) bond motifs is 1. The van der Waals surface area contributed by atoms with Crippen molar-refractivity contribution in [3.05, 3.63) is 53.3 Å². The normalized spacial score (nSPS) is 14.4. The molecular weight excluding hydrogens is 208 g/mol. The zero-order chi connectivity index (χ0) is 11.7. The highest BCUT2D eigenvalue weighted by molar-refractivity contribution is 5.64. The number of nitrogens with zero attached hydrogens (tertiary/aromatic N) is 1. The third kappa shape index (κ3) is 2.08. The molecule has 86 valence electrons. The minimum Gasteiger partial charge on any atom is -0.312 e. The van der Waals surface area contributed by atoms with E-state index in [0.29, 0.717) is 0 Å². The van der Waals surface area contributed by atoms with Crippen LogP contribution < -0.4 is 5.32 Å². The van der Waals surface area contributed by atoms with E-state index >= 15 is 0 Å². The Hall–Kier alpha value is -1.67. The largest absolute Gasteiger partial charge is 0.312 e. The first-order valence-corrected chi connectivity index (χ1v) is 6.07. The first kappa shape index (κ1) is 10.5. The highest BCUT2D eigenvalue weighted by Crippen LogP contribution is 2.24. The number of pyridine rings is 1. The van der Waals surface area contributed by atoms with Crippen LogP contribution in [-0.2, 0) is 13.0 Å². The first-order chi connectivity index (χ1) is 8.33. The maximum Gasteiger partial charge on any atom is 0.0346 e. The summed E-state index contributed by atoms with van der Waals surface area (Å²) < 4.78 is 0. The summed E-state index contributed by atoms with van der Waals surface area (Å²) in [6.45, 7) is 4.16. The van der Waals surface area contributed by atoms with Crippen LogP contribution in [0.15, 0.2) is 36.7 Å². The van der Waals surface area contributed by atoms with Gasteiger partial charge in [0, 0.05) is 24.5 Å². The fraction of sp³-hybridized carbons (Fsp3) is 0.267. The lowest BCUT2D eigenvalue weighted by molar-refractivity contribution is 0.644. The molecule has 0 atom stereocenters. The zero-order valence-electron chi connectivity index (χ0n) is 10.0. The van der Waals surface area contributed by atoms with Gasteiger partial charge in [-0.2, -0.15) is 0 Å². The second-order valence-corrected chi connectivity index (χ2v) is 4.66. The molecule has 0 bridgehead atoms. The van der Waals surface area contributed by atoms with E-state index in [1.165, 1.54) is 27.8 Å². The molecule has 17 heavy (non-hydrogen) atoms. The number of aryl methyl sites for hydroxylation is 1. The average Bonchev–Trinajstić information content (AvgIpc) is 2.38. The van der Waals surface area contributed by atoms with Crippen molar-refractivity contribution in [3.8, 4) is 11.1 Å². The minimum absolute atomic E-state index is 0.989. The molecule has 2 aromatic rings. The number of rotatable bonds is 1. The summed E-state index contributed by atoms with van der Waals surface area (Å²) in [5, 5.41) is 3.42. The van der Waals surface area contributed by atoms with E-state index < -0.39 is 0 Å². The van der Waals surface area contributed by atoms with Crippen molar-refractivity contribution in [2.75, 3.05) is 6.54 Å². The lowest BCUT2D eigenvalue weighted by atomic mass is 9.96. The van der Waals surface area contributed by atoms with Gasteiger partial charge in [-0.05, 0) is 54.3 Å². The summed E-state index contributed by atoms with van der Waals surface area (Å²) >= 11 is 0. The SMILES string of the molecule is Cc1cncc(-c2ccc3c(c2)CNCC3)c1. The molecule has 0 radical (unpaired) electrons. The summed E-state index contributed by atoms with van der Waals surface area (Å²) in [6.07, 6.45) is 4.97. The van der Waals surface area contributed by atoms with Crippen LogP contribution in [0.2, 0.25) is 0 Å². The highest BCUT2D eigenvalue weighted by atomic mass is 14.9. The van der Waals surface area contributed by atoms with E-state index in [1.807, 2.05) is 12.4 Å². The number of benzene rings is 1. The molecule has 0 saturated heterocycles. The third-order valence-electron chi connectivity index (χ3n) is 3.30. The van der Waals surface area contributed by atoms with Gasteiger partial charge in [-0.15, -0.1) is 0 Å². The summed E-state index contributed by atoms with van der Waals surface area (Å²) in [5.74, 6) is 0. The molecule has 0 aliphatic carbocycles. The molecule has 1 N–H and O–H groups in total. The number of hydrogen-bond acceptors (Lipinski definition) is 2. The van der Waals surface area contributed by atoms with Crippen LogP contribution in [0.25, 0.3) is 11.1 Å². The lowest BCUT2D eigenvalue weighted by Gasteiger charge is -2.18. The Morgan fingerprint density at radius 2 is 2.00 bits per heavy atom. The predicted octanol–water partition coefficient (Wildman–Crippen LogP) is 2.70. The van der Waals surface area contributed by atoms with Crippen LogP contribution in [0.5, 0.6) is 0 Å². The molecule has 1 aromatic heterocycles. The van der Waals surface area contributed by atoms with Gasteiger partial charge in [0.05, 0.1) is 0 Å². The first-order valence-electron chi connectivity index (χ1n) is 6.07. The summed E-state index contributed by atoms with van der Waals surface area (Å²) in [6, 6.07) is 8.94. The molecule has 3 rings (SSSR count). The molecule has 0 fully saturated rings. The third-order valence-corrected chi connectivity index (χ3v) is 3.30. The van der Waals surface area contributed by atoms with Crippen molar-refractivity contribution in [3.63, 3.8) is 0 Å². The molecule has 2 heteroatoms. The second kappa shape index (κ2) is 4.30. The van der Waals surface area contributed by atoms with Crippen LogP contribution in [0.1, 0.15) is 16.7 Å². The van der Waals surface area contributed by atoms with Crippen LogP contribution in [0.3, 0.4) is 0 Å². The molecule has 0 unspecified atom stereocenters. The van der Waals surface area contributed by atoms with Gasteiger partial charge in [0.25, 0.3) is 0 Å². The minimum atomic E-state index is 0.989. The van der Waals surface area contributed by atoms with Gasteiger partial charge < -0.3 is 5.32 Å². The summed E-state index contributed by atoms with van der Waals surface area (Å²) in [7, 11) is 0. The van der Waals surface area contributed by atoms with Crippen molar-refractivity contribution in [2.24, 2.45) is 0 Å². The molecule has 2 nitrogen and oxygen atoms in total. The molecule has 0 amide bonds. The van der Waals surface area contributed by atoms with Gasteiger partial charge in [0.15, 0.2) is 0 Å². The monoisotopic (exact) mass is 224 g/mol. The fourth-order valence-corrected chi connectivity index (χ4v) is 2.37. The van der Waals surface area contributed by atoms with Crippen molar-refractivity contribution in [2.45, 2.75) is 19.9 Å². The van der Waals surface area contributed by atoms with Crippen LogP contribution >= 0.6 is 0 Å².